The average molecular weight is 155 g/mol. The molecule has 0 aliphatic carbocycles. The molecule has 4 nitrogen and oxygen atoms in total. The fourth-order valence-electron chi connectivity index (χ4n) is 0.548. The molecule has 0 aromatic rings. The van der Waals surface area contributed by atoms with Gasteiger partial charge in [-0.1, -0.05) is 6.58 Å². The van der Waals surface area contributed by atoms with Crippen LogP contribution in [-0.4, -0.2) is 18.8 Å². The Bertz CT molecular complexity index is 175. The molecule has 0 rings (SSSR count). The van der Waals surface area contributed by atoms with Gasteiger partial charge in [-0.15, -0.1) is 0 Å². The smallest absolute Gasteiger partial charge is 0.220 e. The van der Waals surface area contributed by atoms with Gasteiger partial charge in [0.15, 0.2) is 0 Å². The standard InChI is InChI=1S/C7H13N3O/c1-3-10-6(8)4-5-7(11)9-2/h3H,1,4-5H2,2H3,(H2,8,10)(H,9,11). The van der Waals surface area contributed by atoms with Crippen molar-refractivity contribution in [1.82, 2.24) is 5.32 Å². The molecule has 0 saturated carbocycles. The summed E-state index contributed by atoms with van der Waals surface area (Å²) in [5.41, 5.74) is 5.39. The summed E-state index contributed by atoms with van der Waals surface area (Å²) >= 11 is 0. The minimum atomic E-state index is -0.0350. The van der Waals surface area contributed by atoms with Crippen molar-refractivity contribution in [2.75, 3.05) is 7.05 Å². The van der Waals surface area contributed by atoms with E-state index >= 15 is 0 Å². The van der Waals surface area contributed by atoms with Gasteiger partial charge < -0.3 is 11.1 Å². The third-order valence-corrected chi connectivity index (χ3v) is 1.14. The highest BCUT2D eigenvalue weighted by Crippen LogP contribution is 1.88. The van der Waals surface area contributed by atoms with Gasteiger partial charge in [-0.3, -0.25) is 4.79 Å². The van der Waals surface area contributed by atoms with Crippen molar-refractivity contribution in [3.05, 3.63) is 12.8 Å². The van der Waals surface area contributed by atoms with Crippen LogP contribution in [0, 0.1) is 0 Å². The topological polar surface area (TPSA) is 67.5 Å². The first-order valence-electron chi connectivity index (χ1n) is 3.34. The highest BCUT2D eigenvalue weighted by Gasteiger charge is 1.98. The monoisotopic (exact) mass is 155 g/mol. The number of nitrogens with zero attached hydrogens (tertiary/aromatic N) is 1. The summed E-state index contributed by atoms with van der Waals surface area (Å²) in [7, 11) is 1.59. The van der Waals surface area contributed by atoms with Crippen LogP contribution in [0.5, 0.6) is 0 Å². The van der Waals surface area contributed by atoms with Crippen molar-refractivity contribution >= 4 is 11.7 Å². The summed E-state index contributed by atoms with van der Waals surface area (Å²) in [5.74, 6) is 0.399. The molecule has 0 radical (unpaired) electrons. The van der Waals surface area contributed by atoms with Crippen LogP contribution in [0.2, 0.25) is 0 Å². The zero-order valence-electron chi connectivity index (χ0n) is 6.63. The van der Waals surface area contributed by atoms with Crippen LogP contribution >= 0.6 is 0 Å². The lowest BCUT2D eigenvalue weighted by molar-refractivity contribution is -0.120. The Labute approximate surface area is 66.2 Å². The third kappa shape index (κ3) is 5.14. The number of amidine groups is 1. The first-order chi connectivity index (χ1) is 5.20. The third-order valence-electron chi connectivity index (χ3n) is 1.14. The molecule has 0 aliphatic rings. The average Bonchev–Trinajstić information content (AvgIpc) is 2.01. The number of amides is 1. The molecule has 3 N–H and O–H groups in total. The van der Waals surface area contributed by atoms with Crippen LogP contribution in [0.3, 0.4) is 0 Å². The number of nitrogens with two attached hydrogens (primary N) is 1. The predicted octanol–water partition coefficient (Wildman–Crippen LogP) is 0.0133. The van der Waals surface area contributed by atoms with E-state index in [-0.39, 0.29) is 5.91 Å². The summed E-state index contributed by atoms with van der Waals surface area (Å²) in [6, 6.07) is 0. The van der Waals surface area contributed by atoms with Gasteiger partial charge in [-0.25, -0.2) is 4.99 Å². The van der Waals surface area contributed by atoms with Crippen LogP contribution in [0.4, 0.5) is 0 Å². The van der Waals surface area contributed by atoms with Gasteiger partial charge in [0, 0.05) is 26.1 Å². The Balaban J connectivity index is 3.61. The molecule has 0 unspecified atom stereocenters. The molecule has 4 heteroatoms. The van der Waals surface area contributed by atoms with E-state index in [0.29, 0.717) is 18.7 Å². The summed E-state index contributed by atoms with van der Waals surface area (Å²) in [6.07, 6.45) is 2.21. The fourth-order valence-corrected chi connectivity index (χ4v) is 0.548. The first-order valence-corrected chi connectivity index (χ1v) is 3.34. The number of rotatable bonds is 4. The molecule has 62 valence electrons. The summed E-state index contributed by atoms with van der Waals surface area (Å²) < 4.78 is 0. The van der Waals surface area contributed by atoms with E-state index < -0.39 is 0 Å². The van der Waals surface area contributed by atoms with E-state index in [4.69, 9.17) is 5.73 Å². The second-order valence-electron chi connectivity index (χ2n) is 1.98. The highest BCUT2D eigenvalue weighted by molar-refractivity contribution is 5.86. The summed E-state index contributed by atoms with van der Waals surface area (Å²) in [4.78, 5) is 14.4. The van der Waals surface area contributed by atoms with Gasteiger partial charge in [-0.2, -0.15) is 0 Å². The normalized spacial score (nSPS) is 10.8. The van der Waals surface area contributed by atoms with Crippen LogP contribution in [0.1, 0.15) is 12.8 Å². The van der Waals surface area contributed by atoms with E-state index in [2.05, 4.69) is 16.9 Å². The second-order valence-corrected chi connectivity index (χ2v) is 1.98. The molecule has 0 bridgehead atoms. The van der Waals surface area contributed by atoms with Crippen molar-refractivity contribution in [2.24, 2.45) is 10.7 Å². The van der Waals surface area contributed by atoms with Crippen molar-refractivity contribution in [2.45, 2.75) is 12.8 Å². The maximum Gasteiger partial charge on any atom is 0.220 e. The number of hydrogen-bond acceptors (Lipinski definition) is 2. The largest absolute Gasteiger partial charge is 0.387 e. The van der Waals surface area contributed by atoms with Crippen molar-refractivity contribution in [3.8, 4) is 0 Å². The Morgan fingerprint density at radius 3 is 2.82 bits per heavy atom. The van der Waals surface area contributed by atoms with Gasteiger partial charge in [0.2, 0.25) is 5.91 Å². The number of carbonyl (C=O) groups excluding carboxylic acids is 1. The lowest BCUT2D eigenvalue weighted by atomic mass is 10.3. The van der Waals surface area contributed by atoms with Gasteiger partial charge >= 0.3 is 0 Å². The summed E-state index contributed by atoms with van der Waals surface area (Å²) in [5, 5.41) is 2.49. The zero-order valence-corrected chi connectivity index (χ0v) is 6.63. The van der Waals surface area contributed by atoms with Crippen LogP contribution in [0.25, 0.3) is 0 Å². The number of aliphatic imine (C=N–C) groups is 1. The molecule has 0 fully saturated rings. The highest BCUT2D eigenvalue weighted by atomic mass is 16.1. The lowest BCUT2D eigenvalue weighted by Crippen LogP contribution is -2.20. The molecule has 1 amide bonds. The number of hydrogen-bond donors (Lipinski definition) is 2. The van der Waals surface area contributed by atoms with E-state index in [1.165, 1.54) is 6.20 Å². The molecule has 0 atom stereocenters. The Kier molecular flexibility index (Phi) is 4.81. The minimum Gasteiger partial charge on any atom is -0.387 e. The van der Waals surface area contributed by atoms with Crippen LogP contribution in [0.15, 0.2) is 17.8 Å². The molecule has 0 saturated heterocycles. The molecule has 0 aromatic carbocycles. The number of nitrogens with one attached hydrogen (secondary N) is 1. The molecule has 0 heterocycles. The van der Waals surface area contributed by atoms with Gasteiger partial charge in [0.05, 0.1) is 5.84 Å². The maximum absolute atomic E-state index is 10.7. The second kappa shape index (κ2) is 5.46. The van der Waals surface area contributed by atoms with Gasteiger partial charge in [0.1, 0.15) is 0 Å². The van der Waals surface area contributed by atoms with Crippen molar-refractivity contribution < 1.29 is 4.79 Å². The van der Waals surface area contributed by atoms with Crippen molar-refractivity contribution in [1.29, 1.82) is 0 Å². The molecular weight excluding hydrogens is 142 g/mol. The summed E-state index contributed by atoms with van der Waals surface area (Å²) in [6.45, 7) is 3.38. The van der Waals surface area contributed by atoms with Crippen molar-refractivity contribution in [3.63, 3.8) is 0 Å². The quantitative estimate of drug-likeness (QED) is 0.443. The SMILES string of the molecule is C=C/N=C(\N)CCC(=O)NC. The van der Waals surface area contributed by atoms with E-state index in [1.807, 2.05) is 0 Å². The van der Waals surface area contributed by atoms with E-state index in [1.54, 1.807) is 7.05 Å². The molecule has 0 aromatic heterocycles. The molecular formula is C7H13N3O. The minimum absolute atomic E-state index is 0.0350. The van der Waals surface area contributed by atoms with Gasteiger partial charge in [-0.05, 0) is 0 Å². The Hall–Kier alpha value is -1.32. The predicted molar refractivity (Wildman–Crippen MR) is 45.1 cm³/mol. The molecule has 0 aliphatic heterocycles. The lowest BCUT2D eigenvalue weighted by Gasteiger charge is -1.97. The van der Waals surface area contributed by atoms with Crippen LogP contribution < -0.4 is 11.1 Å². The zero-order chi connectivity index (χ0) is 8.69. The Morgan fingerprint density at radius 2 is 2.36 bits per heavy atom. The van der Waals surface area contributed by atoms with Gasteiger partial charge in [0.25, 0.3) is 0 Å². The first kappa shape index (κ1) is 9.68. The molecule has 11 heavy (non-hydrogen) atoms. The van der Waals surface area contributed by atoms with E-state index in [0.717, 1.165) is 0 Å². The Morgan fingerprint density at radius 1 is 1.73 bits per heavy atom. The van der Waals surface area contributed by atoms with Crippen LogP contribution in [-0.2, 0) is 4.79 Å². The van der Waals surface area contributed by atoms with E-state index in [9.17, 15) is 4.79 Å². The molecule has 0 spiro atoms. The number of carbonyl (C=O) groups is 1. The fraction of sp³-hybridized carbons (Fsp3) is 0.429. The maximum atomic E-state index is 10.7.